The molecule has 1 amide bonds. The number of hydrogen-bond donors (Lipinski definition) is 1. The molecule has 0 saturated carbocycles. The molecule has 8 heteroatoms. The molecule has 2 heterocycles. The number of nitrogens with zero attached hydrogens (tertiary/aromatic N) is 3. The number of nitrogens with one attached hydrogen (secondary N) is 1. The first-order chi connectivity index (χ1) is 9.82. The molecule has 2 aromatic heterocycles. The Labute approximate surface area is 119 Å². The fraction of sp³-hybridized carbons (Fsp3) is 0.462. The largest absolute Gasteiger partial charge is 0.408 e. The Balaban J connectivity index is 2.22. The summed E-state index contributed by atoms with van der Waals surface area (Å²) in [6.45, 7) is 3.08. The molecule has 114 valence electrons. The van der Waals surface area contributed by atoms with E-state index < -0.39 is 24.0 Å². The summed E-state index contributed by atoms with van der Waals surface area (Å²) in [7, 11) is 0. The summed E-state index contributed by atoms with van der Waals surface area (Å²) in [6, 6.07) is 3.08. The molecule has 0 fully saturated rings. The zero-order valence-electron chi connectivity index (χ0n) is 11.6. The van der Waals surface area contributed by atoms with Crippen molar-refractivity contribution in [3.8, 4) is 0 Å². The van der Waals surface area contributed by atoms with Gasteiger partial charge < -0.3 is 5.32 Å². The van der Waals surface area contributed by atoms with E-state index in [4.69, 9.17) is 0 Å². The third-order valence-corrected chi connectivity index (χ3v) is 3.30. The van der Waals surface area contributed by atoms with Gasteiger partial charge in [0.25, 0.3) is 5.91 Å². The van der Waals surface area contributed by atoms with Gasteiger partial charge in [0.2, 0.25) is 5.82 Å². The summed E-state index contributed by atoms with van der Waals surface area (Å²) < 4.78 is 40.3. The smallest absolute Gasteiger partial charge is 0.337 e. The number of carbonyl (C=O) groups is 1. The van der Waals surface area contributed by atoms with Gasteiger partial charge in [0, 0.05) is 6.20 Å². The van der Waals surface area contributed by atoms with E-state index in [2.05, 4.69) is 10.1 Å². The topological polar surface area (TPSA) is 59.3 Å². The van der Waals surface area contributed by atoms with Crippen molar-refractivity contribution in [3.63, 3.8) is 0 Å². The Bertz CT molecular complexity index is 605. The van der Waals surface area contributed by atoms with E-state index in [0.717, 1.165) is 0 Å². The molecule has 2 rings (SSSR count). The normalized spacial score (nSPS) is 14.9. The number of halogens is 3. The molecule has 2 atom stereocenters. The van der Waals surface area contributed by atoms with Crippen LogP contribution in [-0.4, -0.2) is 32.7 Å². The highest BCUT2D eigenvalue weighted by Gasteiger charge is 2.43. The van der Waals surface area contributed by atoms with Crippen molar-refractivity contribution in [3.05, 3.63) is 30.2 Å². The molecular formula is C13H15F3N4O. The van der Waals surface area contributed by atoms with Crippen molar-refractivity contribution in [1.29, 1.82) is 0 Å². The molecule has 0 bridgehead atoms. The highest BCUT2D eigenvalue weighted by atomic mass is 19.4. The first-order valence-electron chi connectivity index (χ1n) is 6.52. The molecule has 0 saturated heterocycles. The number of carbonyl (C=O) groups excluding carboxylic acids is 1. The summed E-state index contributed by atoms with van der Waals surface area (Å²) >= 11 is 0. The molecule has 0 radical (unpaired) electrons. The Morgan fingerprint density at radius 2 is 2.14 bits per heavy atom. The Morgan fingerprint density at radius 1 is 1.43 bits per heavy atom. The van der Waals surface area contributed by atoms with E-state index in [1.54, 1.807) is 31.3 Å². The average Bonchev–Trinajstić information content (AvgIpc) is 2.86. The van der Waals surface area contributed by atoms with Crippen LogP contribution in [0.2, 0.25) is 0 Å². The molecule has 21 heavy (non-hydrogen) atoms. The summed E-state index contributed by atoms with van der Waals surface area (Å²) in [5.41, 5.74) is 0.398. The highest BCUT2D eigenvalue weighted by molar-refractivity contribution is 5.91. The summed E-state index contributed by atoms with van der Waals surface area (Å²) in [5.74, 6) is -1.94. The lowest BCUT2D eigenvalue weighted by Crippen LogP contribution is -2.49. The van der Waals surface area contributed by atoms with Crippen molar-refractivity contribution in [1.82, 2.24) is 19.9 Å². The molecule has 2 unspecified atom stereocenters. The van der Waals surface area contributed by atoms with Crippen LogP contribution in [0, 0.1) is 5.92 Å². The molecule has 0 aromatic carbocycles. The first-order valence-corrected chi connectivity index (χ1v) is 6.52. The second kappa shape index (κ2) is 5.71. The van der Waals surface area contributed by atoms with Gasteiger partial charge in [-0.2, -0.15) is 13.2 Å². The van der Waals surface area contributed by atoms with Crippen molar-refractivity contribution < 1.29 is 18.0 Å². The van der Waals surface area contributed by atoms with Crippen LogP contribution >= 0.6 is 0 Å². The number of pyridine rings is 1. The van der Waals surface area contributed by atoms with Crippen LogP contribution in [0.5, 0.6) is 0 Å². The number of hydrogen-bond acceptors (Lipinski definition) is 3. The van der Waals surface area contributed by atoms with Gasteiger partial charge in [0.05, 0.1) is 0 Å². The van der Waals surface area contributed by atoms with Crippen LogP contribution < -0.4 is 5.32 Å². The van der Waals surface area contributed by atoms with Gasteiger partial charge in [-0.25, -0.2) is 9.50 Å². The van der Waals surface area contributed by atoms with Gasteiger partial charge in [0.1, 0.15) is 6.04 Å². The number of fused-ring (bicyclic) bond motifs is 1. The maximum atomic E-state index is 13.0. The Hall–Kier alpha value is -2.12. The van der Waals surface area contributed by atoms with Crippen LogP contribution in [0.1, 0.15) is 30.9 Å². The second-order valence-corrected chi connectivity index (χ2v) is 4.82. The van der Waals surface area contributed by atoms with Gasteiger partial charge in [-0.1, -0.05) is 26.3 Å². The standard InChI is InChI=1S/C13H15F3N4O/c1-3-8(2)10(13(14,15)16)18-12(21)11-17-9-6-4-5-7-20(9)19-11/h4-8,10H,3H2,1-2H3,(H,18,21). The van der Waals surface area contributed by atoms with Crippen molar-refractivity contribution in [2.75, 3.05) is 0 Å². The predicted octanol–water partition coefficient (Wildman–Crippen LogP) is 2.44. The Morgan fingerprint density at radius 3 is 2.71 bits per heavy atom. The minimum Gasteiger partial charge on any atom is -0.337 e. The van der Waals surface area contributed by atoms with Gasteiger partial charge in [-0.05, 0) is 18.1 Å². The first kappa shape index (κ1) is 15.3. The maximum absolute atomic E-state index is 13.0. The van der Waals surface area contributed by atoms with Crippen molar-refractivity contribution in [2.45, 2.75) is 32.5 Å². The molecular weight excluding hydrogens is 285 g/mol. The zero-order valence-corrected chi connectivity index (χ0v) is 11.6. The lowest BCUT2D eigenvalue weighted by molar-refractivity contribution is -0.164. The van der Waals surface area contributed by atoms with E-state index in [-0.39, 0.29) is 5.82 Å². The van der Waals surface area contributed by atoms with Crippen LogP contribution in [0.4, 0.5) is 13.2 Å². The number of rotatable bonds is 4. The minimum absolute atomic E-state index is 0.279. The maximum Gasteiger partial charge on any atom is 0.408 e. The number of aromatic nitrogens is 3. The molecule has 0 aliphatic heterocycles. The molecule has 0 aliphatic carbocycles. The van der Waals surface area contributed by atoms with Gasteiger partial charge >= 0.3 is 6.18 Å². The molecule has 0 spiro atoms. The fourth-order valence-corrected chi connectivity index (χ4v) is 1.92. The summed E-state index contributed by atoms with van der Waals surface area (Å²) in [6.07, 6.45) is -2.65. The quantitative estimate of drug-likeness (QED) is 0.943. The Kier molecular flexibility index (Phi) is 4.15. The van der Waals surface area contributed by atoms with E-state index in [9.17, 15) is 18.0 Å². The van der Waals surface area contributed by atoms with E-state index >= 15 is 0 Å². The third kappa shape index (κ3) is 3.32. The predicted molar refractivity (Wildman–Crippen MR) is 69.8 cm³/mol. The van der Waals surface area contributed by atoms with Gasteiger partial charge in [-0.15, -0.1) is 5.10 Å². The fourth-order valence-electron chi connectivity index (χ4n) is 1.92. The van der Waals surface area contributed by atoms with Crippen LogP contribution in [0.25, 0.3) is 5.65 Å². The van der Waals surface area contributed by atoms with Gasteiger partial charge in [0.15, 0.2) is 5.65 Å². The van der Waals surface area contributed by atoms with Crippen LogP contribution in [-0.2, 0) is 0 Å². The molecule has 2 aromatic rings. The SMILES string of the molecule is CCC(C)C(NC(=O)c1nc2ccccn2n1)C(F)(F)F. The highest BCUT2D eigenvalue weighted by Crippen LogP contribution is 2.27. The lowest BCUT2D eigenvalue weighted by atomic mass is 9.98. The summed E-state index contributed by atoms with van der Waals surface area (Å²) in [5, 5.41) is 5.84. The third-order valence-electron chi connectivity index (χ3n) is 3.30. The van der Waals surface area contributed by atoms with E-state index in [0.29, 0.717) is 12.1 Å². The van der Waals surface area contributed by atoms with Crippen molar-refractivity contribution >= 4 is 11.6 Å². The van der Waals surface area contributed by atoms with Crippen molar-refractivity contribution in [2.24, 2.45) is 5.92 Å². The average molecular weight is 300 g/mol. The minimum atomic E-state index is -4.51. The molecule has 5 nitrogen and oxygen atoms in total. The van der Waals surface area contributed by atoms with Crippen LogP contribution in [0.15, 0.2) is 24.4 Å². The van der Waals surface area contributed by atoms with E-state index in [1.807, 2.05) is 5.32 Å². The van der Waals surface area contributed by atoms with Gasteiger partial charge in [-0.3, -0.25) is 4.79 Å². The van der Waals surface area contributed by atoms with Crippen LogP contribution in [0.3, 0.4) is 0 Å². The second-order valence-electron chi connectivity index (χ2n) is 4.82. The molecule has 0 aliphatic rings. The molecule has 1 N–H and O–H groups in total. The monoisotopic (exact) mass is 300 g/mol. The summed E-state index contributed by atoms with van der Waals surface area (Å²) in [4.78, 5) is 15.8. The number of alkyl halides is 3. The lowest BCUT2D eigenvalue weighted by Gasteiger charge is -2.25. The zero-order chi connectivity index (χ0) is 15.6. The number of amides is 1. The van der Waals surface area contributed by atoms with E-state index in [1.165, 1.54) is 11.4 Å².